The summed E-state index contributed by atoms with van der Waals surface area (Å²) < 4.78 is 42.2. The first-order valence-electron chi connectivity index (χ1n) is 11.2. The maximum Gasteiger partial charge on any atom is 0.310 e. The van der Waals surface area contributed by atoms with Gasteiger partial charge in [-0.15, -0.1) is 0 Å². The topological polar surface area (TPSA) is 94.9 Å². The van der Waals surface area contributed by atoms with Crippen molar-refractivity contribution < 1.29 is 27.8 Å². The van der Waals surface area contributed by atoms with Crippen molar-refractivity contribution in [2.75, 3.05) is 0 Å². The number of aliphatic hydroxyl groups is 1. The van der Waals surface area contributed by atoms with Crippen LogP contribution in [0.1, 0.15) is 17.5 Å². The predicted octanol–water partition coefficient (Wildman–Crippen LogP) is 6.47. The molecule has 0 radical (unpaired) electrons. The summed E-state index contributed by atoms with van der Waals surface area (Å²) in [6.45, 7) is -0.249. The van der Waals surface area contributed by atoms with Crippen LogP contribution in [-0.4, -0.2) is 28.9 Å². The van der Waals surface area contributed by atoms with Crippen LogP contribution in [0.3, 0.4) is 0 Å². The number of allylic oxidation sites excluding steroid dienone is 2. The smallest absolute Gasteiger partial charge is 0.310 e. The van der Waals surface area contributed by atoms with Gasteiger partial charge in [0.25, 0.3) is 0 Å². The number of sulfonamides is 1. The third-order valence-electron chi connectivity index (χ3n) is 5.95. The van der Waals surface area contributed by atoms with Crippen molar-refractivity contribution in [2.45, 2.75) is 19.5 Å². The molecule has 6 nitrogen and oxygen atoms in total. The van der Waals surface area contributed by atoms with E-state index in [0.717, 1.165) is 21.5 Å². The molecular weight excluding hydrogens is 540 g/mol. The lowest BCUT2D eigenvalue weighted by Gasteiger charge is -2.27. The second-order valence-corrected chi connectivity index (χ2v) is 11.3. The number of carboxylic acid groups (broad SMARTS) is 1. The van der Waals surface area contributed by atoms with Crippen LogP contribution in [0.5, 0.6) is 0 Å². The summed E-state index contributed by atoms with van der Waals surface area (Å²) in [7, 11) is -4.40. The number of aliphatic hydroxyl groups excluding tert-OH is 1. The Balaban J connectivity index is 1.73. The fourth-order valence-electron chi connectivity index (χ4n) is 4.00. The van der Waals surface area contributed by atoms with Gasteiger partial charge in [-0.1, -0.05) is 65.7 Å². The zero-order valence-corrected chi connectivity index (χ0v) is 21.6. The first-order valence-corrected chi connectivity index (χ1v) is 13.4. The molecular formula is C27H22Cl2FNO5S. The van der Waals surface area contributed by atoms with Crippen LogP contribution in [0.4, 0.5) is 4.39 Å². The summed E-state index contributed by atoms with van der Waals surface area (Å²) in [5.41, 5.74) is 2.87. The lowest BCUT2D eigenvalue weighted by molar-refractivity contribution is -0.140. The number of hydrogen-bond donors (Lipinski definition) is 2. The van der Waals surface area contributed by atoms with Gasteiger partial charge in [-0.25, -0.2) is 12.8 Å². The molecule has 0 amide bonds. The summed E-state index contributed by atoms with van der Waals surface area (Å²) >= 11 is 12.0. The molecule has 3 aromatic carbocycles. The number of rotatable bonds is 8. The number of benzene rings is 3. The molecule has 0 aliphatic heterocycles. The average molecular weight is 562 g/mol. The zero-order chi connectivity index (χ0) is 26.7. The lowest BCUT2D eigenvalue weighted by atomic mass is 10.00. The molecule has 1 aliphatic rings. The number of carbonyl (C=O) groups is 1. The molecule has 1 atom stereocenters. The Labute approximate surface area is 223 Å². The first-order chi connectivity index (χ1) is 17.5. The zero-order valence-electron chi connectivity index (χ0n) is 19.3. The molecule has 0 bridgehead atoms. The molecule has 1 unspecified atom stereocenters. The van der Waals surface area contributed by atoms with Crippen molar-refractivity contribution in [2.24, 2.45) is 5.92 Å². The van der Waals surface area contributed by atoms with Gasteiger partial charge < -0.3 is 10.2 Å². The van der Waals surface area contributed by atoms with Crippen LogP contribution >= 0.6 is 23.2 Å². The Morgan fingerprint density at radius 2 is 1.59 bits per heavy atom. The minimum Gasteiger partial charge on any atom is -0.505 e. The Morgan fingerprint density at radius 3 is 2.24 bits per heavy atom. The highest BCUT2D eigenvalue weighted by Crippen LogP contribution is 2.36. The molecule has 1 aliphatic carbocycles. The van der Waals surface area contributed by atoms with Crippen LogP contribution in [0.25, 0.3) is 11.1 Å². The number of hydrogen-bond acceptors (Lipinski definition) is 4. The van der Waals surface area contributed by atoms with Gasteiger partial charge in [-0.2, -0.15) is 4.31 Å². The van der Waals surface area contributed by atoms with E-state index in [9.17, 15) is 27.8 Å². The molecule has 10 heteroatoms. The Bertz CT molecular complexity index is 1490. The van der Waals surface area contributed by atoms with E-state index < -0.39 is 44.8 Å². The average Bonchev–Trinajstić information content (AvgIpc) is 2.87. The third kappa shape index (κ3) is 6.22. The normalized spacial score (nSPS) is 16.1. The maximum atomic E-state index is 13.8. The summed E-state index contributed by atoms with van der Waals surface area (Å²) in [6, 6.07) is 19.8. The van der Waals surface area contributed by atoms with Crippen LogP contribution < -0.4 is 0 Å². The van der Waals surface area contributed by atoms with E-state index in [0.29, 0.717) is 16.1 Å². The van der Waals surface area contributed by atoms with E-state index in [1.54, 1.807) is 24.3 Å². The van der Waals surface area contributed by atoms with Gasteiger partial charge in [-0.3, -0.25) is 4.79 Å². The highest BCUT2D eigenvalue weighted by molar-refractivity contribution is 7.93. The molecule has 0 saturated carbocycles. The minimum atomic E-state index is -4.40. The minimum absolute atomic E-state index is 0.100. The Hall–Kier alpha value is -3.17. The summed E-state index contributed by atoms with van der Waals surface area (Å²) in [6.07, 6.45) is 0.655. The highest BCUT2D eigenvalue weighted by atomic mass is 35.5. The fraction of sp³-hybridized carbons (Fsp3) is 0.148. The van der Waals surface area contributed by atoms with E-state index >= 15 is 0 Å². The Kier molecular flexibility index (Phi) is 8.04. The van der Waals surface area contributed by atoms with Crippen molar-refractivity contribution in [3.05, 3.63) is 117 Å². The monoisotopic (exact) mass is 561 g/mol. The van der Waals surface area contributed by atoms with Gasteiger partial charge in [0.1, 0.15) is 16.5 Å². The molecule has 0 saturated heterocycles. The van der Waals surface area contributed by atoms with Gasteiger partial charge in [0.2, 0.25) is 10.0 Å². The van der Waals surface area contributed by atoms with Gasteiger partial charge in [0.05, 0.1) is 11.0 Å². The molecule has 192 valence electrons. The molecule has 37 heavy (non-hydrogen) atoms. The standard InChI is InChI=1S/C27H22Cl2FNO5S/c28-22-8-6-19(7-9-22)20-3-1-2-18(12-20)16-31(15-17-4-10-23(30)11-5-17)37(35,36)25-14-21(27(33)34)13-24(29)26(25)32/h1-13,21,32H,14-16H2,(H,33,34). The van der Waals surface area contributed by atoms with E-state index in [2.05, 4.69) is 0 Å². The highest BCUT2D eigenvalue weighted by Gasteiger charge is 2.36. The van der Waals surface area contributed by atoms with Crippen molar-refractivity contribution in [1.29, 1.82) is 0 Å². The van der Waals surface area contributed by atoms with Crippen LogP contribution in [-0.2, 0) is 27.9 Å². The molecule has 0 spiro atoms. The van der Waals surface area contributed by atoms with Gasteiger partial charge in [0, 0.05) is 24.5 Å². The van der Waals surface area contributed by atoms with Gasteiger partial charge in [0.15, 0.2) is 0 Å². The number of halogens is 3. The van der Waals surface area contributed by atoms with Crippen molar-refractivity contribution in [3.8, 4) is 11.1 Å². The summed E-state index contributed by atoms with van der Waals surface area (Å²) in [4.78, 5) is 11.1. The second-order valence-electron chi connectivity index (χ2n) is 8.54. The molecule has 3 aromatic rings. The van der Waals surface area contributed by atoms with Crippen molar-refractivity contribution >= 4 is 39.2 Å². The number of aliphatic carboxylic acids is 1. The largest absolute Gasteiger partial charge is 0.505 e. The summed E-state index contributed by atoms with van der Waals surface area (Å²) in [5, 5.41) is 20.2. The maximum absolute atomic E-state index is 13.8. The Morgan fingerprint density at radius 1 is 0.946 bits per heavy atom. The van der Waals surface area contributed by atoms with E-state index in [1.165, 1.54) is 24.3 Å². The third-order valence-corrected chi connectivity index (χ3v) is 8.43. The van der Waals surface area contributed by atoms with E-state index in [1.807, 2.05) is 24.3 Å². The molecule has 0 aromatic heterocycles. The summed E-state index contributed by atoms with van der Waals surface area (Å²) in [5.74, 6) is -3.63. The second kappa shape index (κ2) is 11.1. The predicted molar refractivity (Wildman–Crippen MR) is 141 cm³/mol. The van der Waals surface area contributed by atoms with Crippen molar-refractivity contribution in [1.82, 2.24) is 4.31 Å². The lowest BCUT2D eigenvalue weighted by Crippen LogP contribution is -2.34. The van der Waals surface area contributed by atoms with Gasteiger partial charge in [-0.05, 0) is 58.7 Å². The molecule has 4 rings (SSSR count). The van der Waals surface area contributed by atoms with Crippen LogP contribution in [0, 0.1) is 11.7 Å². The van der Waals surface area contributed by atoms with E-state index in [4.69, 9.17) is 23.2 Å². The SMILES string of the molecule is O=C(O)C1C=C(Cl)C(O)=C(S(=O)(=O)N(Cc2ccc(F)cc2)Cc2cccc(-c3ccc(Cl)cc3)c2)C1. The number of nitrogens with zero attached hydrogens (tertiary/aromatic N) is 1. The number of carboxylic acids is 1. The van der Waals surface area contributed by atoms with Crippen LogP contribution in [0.15, 0.2) is 94.6 Å². The quantitative estimate of drug-likeness (QED) is 0.328. The van der Waals surface area contributed by atoms with E-state index in [-0.39, 0.29) is 18.1 Å². The van der Waals surface area contributed by atoms with Crippen molar-refractivity contribution in [3.63, 3.8) is 0 Å². The molecule has 0 fully saturated rings. The van der Waals surface area contributed by atoms with Crippen LogP contribution in [0.2, 0.25) is 5.02 Å². The van der Waals surface area contributed by atoms with Gasteiger partial charge >= 0.3 is 5.97 Å². The fourth-order valence-corrected chi connectivity index (χ4v) is 6.14. The molecule has 2 N–H and O–H groups in total. The first kappa shape index (κ1) is 26.9. The molecule has 0 heterocycles.